The van der Waals surface area contributed by atoms with E-state index in [0.717, 1.165) is 16.8 Å². The summed E-state index contributed by atoms with van der Waals surface area (Å²) in [4.78, 5) is 16.7. The molecular formula is C10H9N3O3S2. The Morgan fingerprint density at radius 3 is 2.78 bits per heavy atom. The fourth-order valence-electron chi connectivity index (χ4n) is 1.37. The molecule has 0 aliphatic carbocycles. The number of phenolic OH excluding ortho intramolecular Hbond substituents is 1. The summed E-state index contributed by atoms with van der Waals surface area (Å²) in [6.45, 7) is 0. The molecule has 0 saturated carbocycles. The topological polar surface area (TPSA) is 102 Å². The van der Waals surface area contributed by atoms with Gasteiger partial charge in [-0.05, 0) is 18.2 Å². The first-order chi connectivity index (χ1) is 8.52. The Hall–Kier alpha value is -1.61. The zero-order chi connectivity index (χ0) is 13.3. The van der Waals surface area contributed by atoms with E-state index in [0.29, 0.717) is 10.5 Å². The highest BCUT2D eigenvalue weighted by atomic mass is 32.2. The van der Waals surface area contributed by atoms with Crippen LogP contribution in [-0.2, 0) is 4.79 Å². The van der Waals surface area contributed by atoms with Crippen molar-refractivity contribution in [1.82, 2.24) is 5.01 Å². The third-order valence-corrected chi connectivity index (χ3v) is 3.56. The lowest BCUT2D eigenvalue weighted by molar-refractivity contribution is -0.122. The summed E-state index contributed by atoms with van der Waals surface area (Å²) in [5.74, 6) is 10.4. The van der Waals surface area contributed by atoms with Crippen LogP contribution in [0.2, 0.25) is 0 Å². The van der Waals surface area contributed by atoms with Crippen molar-refractivity contribution < 1.29 is 14.7 Å². The van der Waals surface area contributed by atoms with Gasteiger partial charge in [-0.1, -0.05) is 24.0 Å². The average Bonchev–Trinajstić information content (AvgIpc) is 2.59. The molecule has 6 nitrogen and oxygen atoms in total. The van der Waals surface area contributed by atoms with E-state index < -0.39 is 0 Å². The van der Waals surface area contributed by atoms with Crippen LogP contribution >= 0.6 is 24.0 Å². The summed E-state index contributed by atoms with van der Waals surface area (Å²) in [5.41, 5.74) is 0.546. The Morgan fingerprint density at radius 1 is 1.50 bits per heavy atom. The molecule has 0 atom stereocenters. The van der Waals surface area contributed by atoms with Crippen molar-refractivity contribution >= 4 is 40.3 Å². The van der Waals surface area contributed by atoms with E-state index in [9.17, 15) is 9.90 Å². The van der Waals surface area contributed by atoms with Crippen LogP contribution in [-0.4, -0.2) is 20.3 Å². The maximum atomic E-state index is 11.7. The van der Waals surface area contributed by atoms with Gasteiger partial charge in [0, 0.05) is 11.6 Å². The van der Waals surface area contributed by atoms with Gasteiger partial charge in [-0.3, -0.25) is 4.79 Å². The van der Waals surface area contributed by atoms with Crippen LogP contribution in [0.5, 0.6) is 11.5 Å². The maximum absolute atomic E-state index is 11.7. The quantitative estimate of drug-likeness (QED) is 0.242. The van der Waals surface area contributed by atoms with Gasteiger partial charge in [0.25, 0.3) is 5.91 Å². The number of aromatic hydroxyl groups is 1. The fourth-order valence-corrected chi connectivity index (χ4v) is 2.46. The van der Waals surface area contributed by atoms with Gasteiger partial charge in [0.1, 0.15) is 5.75 Å². The van der Waals surface area contributed by atoms with E-state index >= 15 is 0 Å². The van der Waals surface area contributed by atoms with Crippen LogP contribution < -0.4 is 16.6 Å². The third kappa shape index (κ3) is 2.31. The first kappa shape index (κ1) is 12.8. The van der Waals surface area contributed by atoms with Crippen molar-refractivity contribution in [3.8, 4) is 11.5 Å². The minimum atomic E-state index is -0.388. The predicted molar refractivity (Wildman–Crippen MR) is 72.1 cm³/mol. The van der Waals surface area contributed by atoms with Gasteiger partial charge in [-0.15, -0.1) is 0 Å². The molecule has 5 N–H and O–H groups in total. The minimum absolute atomic E-state index is 0.0129. The van der Waals surface area contributed by atoms with Crippen molar-refractivity contribution in [3.05, 3.63) is 28.7 Å². The molecule has 1 saturated heterocycles. The largest absolute Gasteiger partial charge is 0.508 e. The highest BCUT2D eigenvalue weighted by Gasteiger charge is 2.29. The number of hydrogen-bond donors (Lipinski definition) is 3. The van der Waals surface area contributed by atoms with Gasteiger partial charge in [0.15, 0.2) is 10.1 Å². The number of nitrogens with two attached hydrogens (primary N) is 2. The van der Waals surface area contributed by atoms with Gasteiger partial charge in [0.2, 0.25) is 0 Å². The Labute approximate surface area is 112 Å². The van der Waals surface area contributed by atoms with Gasteiger partial charge in [0.05, 0.1) is 4.91 Å². The molecule has 18 heavy (non-hydrogen) atoms. The lowest BCUT2D eigenvalue weighted by Crippen LogP contribution is -2.34. The molecule has 1 aromatic rings. The molecule has 1 aliphatic heterocycles. The maximum Gasteiger partial charge on any atom is 0.280 e. The van der Waals surface area contributed by atoms with Crippen molar-refractivity contribution in [3.63, 3.8) is 0 Å². The van der Waals surface area contributed by atoms with Crippen LogP contribution in [0.3, 0.4) is 0 Å². The number of hydrogen-bond acceptors (Lipinski definition) is 7. The SMILES string of the molecule is NOc1cc(O)ccc1/C=C1\SC(=S)N(N)C1=O. The van der Waals surface area contributed by atoms with E-state index in [-0.39, 0.29) is 21.7 Å². The molecule has 0 radical (unpaired) electrons. The zero-order valence-corrected chi connectivity index (χ0v) is 10.6. The smallest absolute Gasteiger partial charge is 0.280 e. The second-order valence-electron chi connectivity index (χ2n) is 3.39. The molecule has 0 spiro atoms. The molecule has 0 aromatic heterocycles. The molecule has 0 unspecified atom stereocenters. The highest BCUT2D eigenvalue weighted by Crippen LogP contribution is 2.33. The highest BCUT2D eigenvalue weighted by molar-refractivity contribution is 8.26. The number of hydrazine groups is 1. The Bertz CT molecular complexity index is 559. The van der Waals surface area contributed by atoms with Gasteiger partial charge < -0.3 is 9.94 Å². The molecule has 8 heteroatoms. The number of carbonyl (C=O) groups excluding carboxylic acids is 1. The summed E-state index contributed by atoms with van der Waals surface area (Å²) in [5, 5.41) is 10.2. The van der Waals surface area contributed by atoms with Gasteiger partial charge in [-0.2, -0.15) is 5.90 Å². The lowest BCUT2D eigenvalue weighted by atomic mass is 10.1. The third-order valence-electron chi connectivity index (χ3n) is 2.23. The minimum Gasteiger partial charge on any atom is -0.508 e. The van der Waals surface area contributed by atoms with E-state index in [1.807, 2.05) is 0 Å². The lowest BCUT2D eigenvalue weighted by Gasteiger charge is -2.05. The number of rotatable bonds is 2. The molecule has 1 aromatic carbocycles. The summed E-state index contributed by atoms with van der Waals surface area (Å²) >= 11 is 5.99. The van der Waals surface area contributed by atoms with Crippen LogP contribution in [0.25, 0.3) is 6.08 Å². The van der Waals surface area contributed by atoms with Gasteiger partial charge >= 0.3 is 0 Å². The van der Waals surface area contributed by atoms with Crippen molar-refractivity contribution in [2.45, 2.75) is 0 Å². The van der Waals surface area contributed by atoms with E-state index in [2.05, 4.69) is 4.84 Å². The molecule has 1 heterocycles. The molecule has 2 rings (SSSR count). The summed E-state index contributed by atoms with van der Waals surface area (Å²) in [6, 6.07) is 4.37. The molecule has 94 valence electrons. The van der Waals surface area contributed by atoms with Gasteiger partial charge in [-0.25, -0.2) is 10.9 Å². The normalized spacial score (nSPS) is 17.7. The number of phenols is 1. The second-order valence-corrected chi connectivity index (χ2v) is 5.07. The van der Waals surface area contributed by atoms with Crippen LogP contribution in [0.4, 0.5) is 0 Å². The monoisotopic (exact) mass is 283 g/mol. The zero-order valence-electron chi connectivity index (χ0n) is 8.99. The van der Waals surface area contributed by atoms with Crippen LogP contribution in [0, 0.1) is 0 Å². The summed E-state index contributed by atoms with van der Waals surface area (Å²) < 4.78 is 0.278. The summed E-state index contributed by atoms with van der Waals surface area (Å²) in [6.07, 6.45) is 1.55. The fraction of sp³-hybridized carbons (Fsp3) is 0. The van der Waals surface area contributed by atoms with Crippen LogP contribution in [0.15, 0.2) is 23.1 Å². The Balaban J connectivity index is 2.40. The number of thiocarbonyl (C=S) groups is 1. The molecule has 1 aliphatic rings. The van der Waals surface area contributed by atoms with Crippen molar-refractivity contribution in [1.29, 1.82) is 0 Å². The van der Waals surface area contributed by atoms with E-state index in [1.54, 1.807) is 12.1 Å². The summed E-state index contributed by atoms with van der Waals surface area (Å²) in [7, 11) is 0. The average molecular weight is 283 g/mol. The molecule has 1 fully saturated rings. The van der Waals surface area contributed by atoms with E-state index in [4.69, 9.17) is 24.0 Å². The molecule has 0 bridgehead atoms. The van der Waals surface area contributed by atoms with Crippen LogP contribution in [0.1, 0.15) is 5.56 Å². The predicted octanol–water partition coefficient (Wildman–Crippen LogP) is 0.720. The molecular weight excluding hydrogens is 274 g/mol. The first-order valence-corrected chi connectivity index (χ1v) is 5.98. The number of thioether (sulfide) groups is 1. The second kappa shape index (κ2) is 4.94. The Kier molecular flexibility index (Phi) is 3.53. The standard InChI is InChI=1S/C10H9N3O3S2/c11-13-9(15)8(18-10(13)17)3-5-1-2-6(14)4-7(5)16-12/h1-4,14H,11-12H2/b8-3-. The van der Waals surface area contributed by atoms with E-state index in [1.165, 1.54) is 12.1 Å². The number of carbonyl (C=O) groups is 1. The first-order valence-electron chi connectivity index (χ1n) is 4.75. The Morgan fingerprint density at radius 2 is 2.22 bits per heavy atom. The number of nitrogens with zero attached hydrogens (tertiary/aromatic N) is 1. The number of amides is 1. The van der Waals surface area contributed by atoms with Crippen molar-refractivity contribution in [2.24, 2.45) is 11.7 Å². The molecule has 1 amide bonds. The number of benzene rings is 1. The van der Waals surface area contributed by atoms with Crippen molar-refractivity contribution in [2.75, 3.05) is 0 Å².